The lowest BCUT2D eigenvalue weighted by atomic mass is 10.1. The number of aryl methyl sites for hydroxylation is 1. The first-order valence-corrected chi connectivity index (χ1v) is 5.58. The average Bonchev–Trinajstić information content (AvgIpc) is 2.27. The molecular formula is C13H14ClNO2. The van der Waals surface area contributed by atoms with Crippen LogP contribution in [-0.4, -0.2) is 24.2 Å². The van der Waals surface area contributed by atoms with Gasteiger partial charge in [0.15, 0.2) is 0 Å². The van der Waals surface area contributed by atoms with E-state index in [0.29, 0.717) is 18.1 Å². The van der Waals surface area contributed by atoms with Crippen molar-refractivity contribution in [1.82, 2.24) is 0 Å². The van der Waals surface area contributed by atoms with Crippen LogP contribution in [0.15, 0.2) is 18.2 Å². The first-order valence-electron chi connectivity index (χ1n) is 5.21. The number of carboxylic acid groups (broad SMARTS) is 1. The van der Waals surface area contributed by atoms with Crippen LogP contribution in [0.5, 0.6) is 0 Å². The van der Waals surface area contributed by atoms with Crippen LogP contribution in [0.4, 0.5) is 5.69 Å². The van der Waals surface area contributed by atoms with E-state index in [1.54, 1.807) is 12.1 Å². The summed E-state index contributed by atoms with van der Waals surface area (Å²) in [7, 11) is 0. The summed E-state index contributed by atoms with van der Waals surface area (Å²) < 4.78 is 0. The van der Waals surface area contributed by atoms with Gasteiger partial charge in [0.05, 0.1) is 13.0 Å². The third-order valence-electron chi connectivity index (χ3n) is 2.39. The third kappa shape index (κ3) is 4.01. The first kappa shape index (κ1) is 13.4. The van der Waals surface area contributed by atoms with Crippen molar-refractivity contribution in [3.05, 3.63) is 28.8 Å². The van der Waals surface area contributed by atoms with Crippen molar-refractivity contribution in [2.75, 3.05) is 18.0 Å². The molecule has 0 saturated heterocycles. The largest absolute Gasteiger partial charge is 0.481 e. The summed E-state index contributed by atoms with van der Waals surface area (Å²) in [6.45, 7) is 2.69. The molecule has 0 heterocycles. The molecule has 1 rings (SSSR count). The number of nitrogens with zero attached hydrogens (tertiary/aromatic N) is 1. The van der Waals surface area contributed by atoms with E-state index < -0.39 is 5.97 Å². The zero-order valence-corrected chi connectivity index (χ0v) is 10.4. The quantitative estimate of drug-likeness (QED) is 0.818. The number of carboxylic acids is 1. The molecule has 1 aromatic rings. The maximum atomic E-state index is 10.6. The second-order valence-electron chi connectivity index (χ2n) is 3.70. The molecular weight excluding hydrogens is 238 g/mol. The molecule has 0 amide bonds. The molecule has 1 aromatic carbocycles. The van der Waals surface area contributed by atoms with Gasteiger partial charge in [-0.2, -0.15) is 0 Å². The van der Waals surface area contributed by atoms with Gasteiger partial charge in [0.1, 0.15) is 0 Å². The number of hydrogen-bond donors (Lipinski definition) is 1. The van der Waals surface area contributed by atoms with E-state index in [1.165, 1.54) is 0 Å². The Bertz CT molecular complexity index is 451. The van der Waals surface area contributed by atoms with Crippen LogP contribution >= 0.6 is 11.6 Å². The van der Waals surface area contributed by atoms with E-state index in [9.17, 15) is 4.79 Å². The molecule has 0 spiro atoms. The number of carbonyl (C=O) groups is 1. The smallest absolute Gasteiger partial charge is 0.305 e. The lowest BCUT2D eigenvalue weighted by Gasteiger charge is -2.23. The van der Waals surface area contributed by atoms with Gasteiger partial charge in [0.2, 0.25) is 0 Å². The van der Waals surface area contributed by atoms with E-state index in [0.717, 1.165) is 11.3 Å². The Hall–Kier alpha value is -1.66. The fourth-order valence-electron chi connectivity index (χ4n) is 1.55. The lowest BCUT2D eigenvalue weighted by molar-refractivity contribution is -0.136. The minimum atomic E-state index is -0.841. The van der Waals surface area contributed by atoms with Gasteiger partial charge in [-0.05, 0) is 24.6 Å². The normalized spacial score (nSPS) is 9.71. The fourth-order valence-corrected chi connectivity index (χ4v) is 1.72. The van der Waals surface area contributed by atoms with Gasteiger partial charge in [-0.25, -0.2) is 0 Å². The predicted octanol–water partition coefficient (Wildman–Crippen LogP) is 2.56. The molecule has 0 fully saturated rings. The predicted molar refractivity (Wildman–Crippen MR) is 69.5 cm³/mol. The van der Waals surface area contributed by atoms with Crippen molar-refractivity contribution >= 4 is 23.3 Å². The topological polar surface area (TPSA) is 40.5 Å². The van der Waals surface area contributed by atoms with Crippen LogP contribution < -0.4 is 4.90 Å². The van der Waals surface area contributed by atoms with Crippen molar-refractivity contribution in [3.63, 3.8) is 0 Å². The SMILES string of the molecule is C#CCN(CCC(=O)O)c1cc(Cl)ccc1C. The number of halogens is 1. The van der Waals surface area contributed by atoms with Crippen LogP contribution in [0, 0.1) is 19.3 Å². The zero-order valence-electron chi connectivity index (χ0n) is 9.61. The first-order chi connectivity index (χ1) is 8.04. The van der Waals surface area contributed by atoms with Gasteiger partial charge >= 0.3 is 5.97 Å². The highest BCUT2D eigenvalue weighted by molar-refractivity contribution is 6.30. The Morgan fingerprint density at radius 2 is 2.29 bits per heavy atom. The van der Waals surface area contributed by atoms with Crippen LogP contribution in [-0.2, 0) is 4.79 Å². The van der Waals surface area contributed by atoms with E-state index >= 15 is 0 Å². The number of rotatable bonds is 5. The molecule has 0 saturated carbocycles. The molecule has 0 bridgehead atoms. The minimum Gasteiger partial charge on any atom is -0.481 e. The second-order valence-corrected chi connectivity index (χ2v) is 4.14. The van der Waals surface area contributed by atoms with Gasteiger partial charge in [-0.1, -0.05) is 23.6 Å². The summed E-state index contributed by atoms with van der Waals surface area (Å²) in [4.78, 5) is 12.4. The molecule has 0 aromatic heterocycles. The Morgan fingerprint density at radius 1 is 1.59 bits per heavy atom. The Balaban J connectivity index is 2.92. The molecule has 1 N–H and O–H groups in total. The summed E-state index contributed by atoms with van der Waals surface area (Å²) >= 11 is 5.93. The minimum absolute atomic E-state index is 0.0492. The molecule has 0 unspecified atom stereocenters. The Kier molecular flexibility index (Phi) is 4.86. The highest BCUT2D eigenvalue weighted by atomic mass is 35.5. The zero-order chi connectivity index (χ0) is 12.8. The molecule has 0 radical (unpaired) electrons. The Morgan fingerprint density at radius 3 is 2.88 bits per heavy atom. The molecule has 0 aliphatic carbocycles. The Labute approximate surface area is 106 Å². The highest BCUT2D eigenvalue weighted by Crippen LogP contribution is 2.24. The molecule has 4 heteroatoms. The van der Waals surface area contributed by atoms with Gasteiger partial charge in [-0.3, -0.25) is 4.79 Å². The second kappa shape index (κ2) is 6.17. The monoisotopic (exact) mass is 251 g/mol. The van der Waals surface area contributed by atoms with Crippen molar-refractivity contribution < 1.29 is 9.90 Å². The van der Waals surface area contributed by atoms with E-state index in [1.807, 2.05) is 17.9 Å². The van der Waals surface area contributed by atoms with Crippen LogP contribution in [0.3, 0.4) is 0 Å². The number of aliphatic carboxylic acids is 1. The van der Waals surface area contributed by atoms with Crippen LogP contribution in [0.1, 0.15) is 12.0 Å². The summed E-state index contributed by atoms with van der Waals surface area (Å²) in [6, 6.07) is 5.49. The molecule has 0 atom stereocenters. The van der Waals surface area contributed by atoms with E-state index in [-0.39, 0.29) is 6.42 Å². The van der Waals surface area contributed by atoms with Crippen molar-refractivity contribution in [1.29, 1.82) is 0 Å². The third-order valence-corrected chi connectivity index (χ3v) is 2.62. The van der Waals surface area contributed by atoms with Gasteiger partial charge in [-0.15, -0.1) is 6.42 Å². The maximum Gasteiger partial charge on any atom is 0.305 e. The summed E-state index contributed by atoms with van der Waals surface area (Å²) in [5.41, 5.74) is 1.91. The van der Waals surface area contributed by atoms with Crippen LogP contribution in [0.25, 0.3) is 0 Å². The van der Waals surface area contributed by atoms with Crippen molar-refractivity contribution in [3.8, 4) is 12.3 Å². The molecule has 0 aliphatic heterocycles. The van der Waals surface area contributed by atoms with Crippen molar-refractivity contribution in [2.24, 2.45) is 0 Å². The fraction of sp³-hybridized carbons (Fsp3) is 0.308. The van der Waals surface area contributed by atoms with E-state index in [4.69, 9.17) is 23.1 Å². The van der Waals surface area contributed by atoms with Gasteiger partial charge in [0.25, 0.3) is 0 Å². The number of benzene rings is 1. The maximum absolute atomic E-state index is 10.6. The van der Waals surface area contributed by atoms with Gasteiger partial charge < -0.3 is 10.0 Å². The summed E-state index contributed by atoms with van der Waals surface area (Å²) in [5, 5.41) is 9.31. The number of terminal acetylenes is 1. The van der Waals surface area contributed by atoms with Crippen LogP contribution in [0.2, 0.25) is 5.02 Å². The van der Waals surface area contributed by atoms with Crippen molar-refractivity contribution in [2.45, 2.75) is 13.3 Å². The summed E-state index contributed by atoms with van der Waals surface area (Å²) in [6.07, 6.45) is 5.34. The molecule has 0 aliphatic rings. The molecule has 3 nitrogen and oxygen atoms in total. The van der Waals surface area contributed by atoms with Gasteiger partial charge in [0, 0.05) is 17.3 Å². The number of anilines is 1. The molecule has 17 heavy (non-hydrogen) atoms. The average molecular weight is 252 g/mol. The van der Waals surface area contributed by atoms with E-state index in [2.05, 4.69) is 5.92 Å². The lowest BCUT2D eigenvalue weighted by Crippen LogP contribution is -2.27. The summed E-state index contributed by atoms with van der Waals surface area (Å²) in [5.74, 6) is 1.69. The molecule has 90 valence electrons. The standard InChI is InChI=1S/C13H14ClNO2/c1-3-7-15(8-6-13(16)17)12-9-11(14)5-4-10(12)2/h1,4-5,9H,6-8H2,2H3,(H,16,17). The number of hydrogen-bond acceptors (Lipinski definition) is 2. The highest BCUT2D eigenvalue weighted by Gasteiger charge is 2.10.